The number of benzene rings is 1. The first-order chi connectivity index (χ1) is 10.4. The van der Waals surface area contributed by atoms with Crippen molar-refractivity contribution in [2.24, 2.45) is 0 Å². The van der Waals surface area contributed by atoms with Crippen molar-refractivity contribution < 1.29 is 4.74 Å². The van der Waals surface area contributed by atoms with Gasteiger partial charge in [0.05, 0.1) is 7.11 Å². The fraction of sp³-hybridized carbons (Fsp3) is 0.412. The largest absolute Gasteiger partial charge is 0.497 e. The van der Waals surface area contributed by atoms with Crippen molar-refractivity contribution in [2.75, 3.05) is 17.7 Å². The molecule has 0 amide bonds. The SMILES string of the molecule is CCC(C)(C)Nc1ncc(C)c(Nc2cccc(OC)c2)n1. The smallest absolute Gasteiger partial charge is 0.225 e. The number of aromatic nitrogens is 2. The van der Waals surface area contributed by atoms with Crippen LogP contribution in [0.3, 0.4) is 0 Å². The lowest BCUT2D eigenvalue weighted by Crippen LogP contribution is -2.30. The highest BCUT2D eigenvalue weighted by Crippen LogP contribution is 2.23. The van der Waals surface area contributed by atoms with Crippen molar-refractivity contribution in [3.8, 4) is 5.75 Å². The quantitative estimate of drug-likeness (QED) is 0.839. The van der Waals surface area contributed by atoms with Crippen LogP contribution in [0.1, 0.15) is 32.8 Å². The summed E-state index contributed by atoms with van der Waals surface area (Å²) in [6.07, 6.45) is 2.81. The molecule has 1 aromatic heterocycles. The van der Waals surface area contributed by atoms with E-state index in [0.717, 1.165) is 29.2 Å². The van der Waals surface area contributed by atoms with Crippen molar-refractivity contribution in [1.29, 1.82) is 0 Å². The predicted molar refractivity (Wildman–Crippen MR) is 91.0 cm³/mol. The molecule has 2 aromatic rings. The number of hydrogen-bond acceptors (Lipinski definition) is 5. The van der Waals surface area contributed by atoms with Crippen molar-refractivity contribution in [3.63, 3.8) is 0 Å². The molecule has 0 aliphatic rings. The summed E-state index contributed by atoms with van der Waals surface area (Å²) in [4.78, 5) is 8.94. The summed E-state index contributed by atoms with van der Waals surface area (Å²) in [5, 5.41) is 6.68. The van der Waals surface area contributed by atoms with Gasteiger partial charge in [0.15, 0.2) is 0 Å². The van der Waals surface area contributed by atoms with Gasteiger partial charge in [-0.1, -0.05) is 13.0 Å². The third-order valence-corrected chi connectivity index (χ3v) is 3.64. The zero-order chi connectivity index (χ0) is 16.2. The molecule has 0 fully saturated rings. The second-order valence-electron chi connectivity index (χ2n) is 5.94. The fourth-order valence-corrected chi connectivity index (χ4v) is 1.86. The highest BCUT2D eigenvalue weighted by atomic mass is 16.5. The molecule has 0 radical (unpaired) electrons. The third kappa shape index (κ3) is 4.10. The maximum atomic E-state index is 5.24. The Balaban J connectivity index is 2.23. The van der Waals surface area contributed by atoms with Crippen LogP contribution >= 0.6 is 0 Å². The monoisotopic (exact) mass is 300 g/mol. The number of anilines is 3. The number of nitrogens with zero attached hydrogens (tertiary/aromatic N) is 2. The van der Waals surface area contributed by atoms with Crippen LogP contribution < -0.4 is 15.4 Å². The lowest BCUT2D eigenvalue weighted by atomic mass is 10.0. The second kappa shape index (κ2) is 6.64. The van der Waals surface area contributed by atoms with Gasteiger partial charge in [0.1, 0.15) is 11.6 Å². The summed E-state index contributed by atoms with van der Waals surface area (Å²) in [7, 11) is 1.66. The summed E-state index contributed by atoms with van der Waals surface area (Å²) in [5.74, 6) is 2.22. The molecule has 1 heterocycles. The Bertz CT molecular complexity index is 640. The third-order valence-electron chi connectivity index (χ3n) is 3.64. The Morgan fingerprint density at radius 2 is 2.05 bits per heavy atom. The normalized spacial score (nSPS) is 11.1. The molecule has 0 unspecified atom stereocenters. The Hall–Kier alpha value is -2.30. The molecule has 0 saturated heterocycles. The molecule has 2 rings (SSSR count). The molecule has 0 bridgehead atoms. The van der Waals surface area contributed by atoms with Crippen LogP contribution in [0, 0.1) is 6.92 Å². The average molecular weight is 300 g/mol. The molecular weight excluding hydrogens is 276 g/mol. The van der Waals surface area contributed by atoms with E-state index in [9.17, 15) is 0 Å². The fourth-order valence-electron chi connectivity index (χ4n) is 1.86. The van der Waals surface area contributed by atoms with Crippen LogP contribution in [-0.4, -0.2) is 22.6 Å². The van der Waals surface area contributed by atoms with Crippen LogP contribution in [0.2, 0.25) is 0 Å². The Morgan fingerprint density at radius 3 is 2.73 bits per heavy atom. The first kappa shape index (κ1) is 16.1. The highest BCUT2D eigenvalue weighted by molar-refractivity contribution is 5.61. The van der Waals surface area contributed by atoms with Gasteiger partial charge in [-0.2, -0.15) is 4.98 Å². The lowest BCUT2D eigenvalue weighted by molar-refractivity contribution is 0.415. The minimum absolute atomic E-state index is 0.0392. The van der Waals surface area contributed by atoms with Gasteiger partial charge in [-0.15, -0.1) is 0 Å². The molecule has 0 atom stereocenters. The minimum Gasteiger partial charge on any atom is -0.497 e. The van der Waals surface area contributed by atoms with Crippen LogP contribution in [0.5, 0.6) is 5.75 Å². The Kier molecular flexibility index (Phi) is 4.85. The van der Waals surface area contributed by atoms with Crippen LogP contribution in [0.25, 0.3) is 0 Å². The first-order valence-electron chi connectivity index (χ1n) is 7.46. The van der Waals surface area contributed by atoms with Crippen LogP contribution in [0.4, 0.5) is 17.5 Å². The number of methoxy groups -OCH3 is 1. The molecule has 0 saturated carbocycles. The van der Waals surface area contributed by atoms with E-state index in [2.05, 4.69) is 41.4 Å². The number of hydrogen-bond donors (Lipinski definition) is 2. The molecule has 118 valence electrons. The van der Waals surface area contributed by atoms with Gasteiger partial charge in [-0.05, 0) is 39.3 Å². The van der Waals surface area contributed by atoms with E-state index >= 15 is 0 Å². The van der Waals surface area contributed by atoms with Crippen molar-refractivity contribution in [1.82, 2.24) is 9.97 Å². The highest BCUT2D eigenvalue weighted by Gasteiger charge is 2.16. The van der Waals surface area contributed by atoms with E-state index in [1.807, 2.05) is 37.4 Å². The summed E-state index contributed by atoms with van der Waals surface area (Å²) >= 11 is 0. The predicted octanol–water partition coefficient (Wildman–Crippen LogP) is 4.14. The molecule has 5 nitrogen and oxygen atoms in total. The molecular formula is C17H24N4O. The topological polar surface area (TPSA) is 59.1 Å². The lowest BCUT2D eigenvalue weighted by Gasteiger charge is -2.24. The summed E-state index contributed by atoms with van der Waals surface area (Å²) in [6, 6.07) is 7.77. The van der Waals surface area contributed by atoms with E-state index in [0.29, 0.717) is 5.95 Å². The standard InChI is InChI=1S/C17H24N4O/c1-6-17(3,4)21-16-18-11-12(2)15(20-16)19-13-8-7-9-14(10-13)22-5/h7-11H,6H2,1-5H3,(H2,18,19,20,21). The summed E-state index contributed by atoms with van der Waals surface area (Å²) in [5.41, 5.74) is 1.88. The maximum Gasteiger partial charge on any atom is 0.225 e. The number of ether oxygens (including phenoxy) is 1. The van der Waals surface area contributed by atoms with Crippen molar-refractivity contribution >= 4 is 17.5 Å². The van der Waals surface area contributed by atoms with E-state index in [1.54, 1.807) is 7.11 Å². The maximum absolute atomic E-state index is 5.24. The Labute approximate surface area is 132 Å². The van der Waals surface area contributed by atoms with Crippen LogP contribution in [-0.2, 0) is 0 Å². The van der Waals surface area contributed by atoms with Gasteiger partial charge in [-0.3, -0.25) is 0 Å². The van der Waals surface area contributed by atoms with Gasteiger partial charge >= 0.3 is 0 Å². The van der Waals surface area contributed by atoms with E-state index in [1.165, 1.54) is 0 Å². The zero-order valence-corrected chi connectivity index (χ0v) is 13.9. The molecule has 1 aromatic carbocycles. The second-order valence-corrected chi connectivity index (χ2v) is 5.94. The van der Waals surface area contributed by atoms with Gasteiger partial charge in [0.25, 0.3) is 0 Å². The van der Waals surface area contributed by atoms with Gasteiger partial charge in [0.2, 0.25) is 5.95 Å². The van der Waals surface area contributed by atoms with Crippen molar-refractivity contribution in [3.05, 3.63) is 36.0 Å². The Morgan fingerprint density at radius 1 is 1.27 bits per heavy atom. The molecule has 2 N–H and O–H groups in total. The van der Waals surface area contributed by atoms with Gasteiger partial charge < -0.3 is 15.4 Å². The number of rotatable bonds is 6. The minimum atomic E-state index is -0.0392. The summed E-state index contributed by atoms with van der Waals surface area (Å²) in [6.45, 7) is 8.38. The number of nitrogens with one attached hydrogen (secondary N) is 2. The van der Waals surface area contributed by atoms with Gasteiger partial charge in [-0.25, -0.2) is 4.98 Å². The zero-order valence-electron chi connectivity index (χ0n) is 13.9. The summed E-state index contributed by atoms with van der Waals surface area (Å²) < 4.78 is 5.24. The molecule has 0 spiro atoms. The van der Waals surface area contributed by atoms with E-state index < -0.39 is 0 Å². The molecule has 5 heteroatoms. The van der Waals surface area contributed by atoms with E-state index in [4.69, 9.17) is 4.74 Å². The van der Waals surface area contributed by atoms with Crippen LogP contribution in [0.15, 0.2) is 30.5 Å². The average Bonchev–Trinajstić information content (AvgIpc) is 2.50. The molecule has 0 aliphatic carbocycles. The number of aryl methyl sites for hydroxylation is 1. The van der Waals surface area contributed by atoms with Gasteiger partial charge in [0, 0.05) is 29.1 Å². The molecule has 0 aliphatic heterocycles. The molecule has 22 heavy (non-hydrogen) atoms. The van der Waals surface area contributed by atoms with Crippen molar-refractivity contribution in [2.45, 2.75) is 39.7 Å². The first-order valence-corrected chi connectivity index (χ1v) is 7.46. The van der Waals surface area contributed by atoms with E-state index in [-0.39, 0.29) is 5.54 Å².